The van der Waals surface area contributed by atoms with Crippen LogP contribution in [0, 0.1) is 13.8 Å². The molecule has 3 rings (SSSR count). The molecule has 0 saturated heterocycles. The molecule has 0 spiro atoms. The van der Waals surface area contributed by atoms with E-state index in [0.717, 1.165) is 22.6 Å². The molecule has 1 aliphatic carbocycles. The molecule has 0 aliphatic heterocycles. The Hall–Kier alpha value is -1.66. The van der Waals surface area contributed by atoms with Crippen LogP contribution in [0.3, 0.4) is 0 Å². The van der Waals surface area contributed by atoms with E-state index in [0.29, 0.717) is 10.4 Å². The van der Waals surface area contributed by atoms with Crippen LogP contribution in [0.1, 0.15) is 46.6 Å². The lowest BCUT2D eigenvalue weighted by atomic mass is 10.2. The van der Waals surface area contributed by atoms with Gasteiger partial charge in [-0.1, -0.05) is 0 Å². The first-order chi connectivity index (χ1) is 10.0. The number of aryl methyl sites for hydroxylation is 4. The van der Waals surface area contributed by atoms with E-state index in [1.165, 1.54) is 28.2 Å². The number of thiophene rings is 2. The summed E-state index contributed by atoms with van der Waals surface area (Å²) in [6.45, 7) is 3.86. The second-order valence-electron chi connectivity index (χ2n) is 5.15. The third-order valence-corrected chi connectivity index (χ3v) is 5.75. The third kappa shape index (κ3) is 2.87. The number of fused-ring (bicyclic) bond motifs is 1. The van der Waals surface area contributed by atoms with E-state index in [2.05, 4.69) is 10.9 Å². The number of hydrogen-bond acceptors (Lipinski definition) is 4. The number of nitrogens with one attached hydrogen (secondary N) is 2. The van der Waals surface area contributed by atoms with Gasteiger partial charge in [0.2, 0.25) is 0 Å². The first kappa shape index (κ1) is 14.3. The molecule has 4 nitrogen and oxygen atoms in total. The fraction of sp³-hybridized carbons (Fsp3) is 0.333. The second-order valence-corrected chi connectivity index (χ2v) is 7.74. The Labute approximate surface area is 131 Å². The zero-order valence-corrected chi connectivity index (χ0v) is 13.5. The van der Waals surface area contributed by atoms with Crippen molar-refractivity contribution >= 4 is 34.5 Å². The van der Waals surface area contributed by atoms with Crippen molar-refractivity contribution in [1.82, 2.24) is 10.9 Å². The standard InChI is InChI=1S/C15H16N2O2S2/c1-8-6-11(9(2)20-8)14(18)16-17-15(19)13-7-10-4-3-5-12(10)21-13/h6-7H,3-5H2,1-2H3,(H,16,18)(H,17,19). The van der Waals surface area contributed by atoms with Gasteiger partial charge in [0, 0.05) is 14.6 Å². The monoisotopic (exact) mass is 320 g/mol. The first-order valence-electron chi connectivity index (χ1n) is 6.84. The number of rotatable bonds is 2. The smallest absolute Gasteiger partial charge is 0.267 e. The fourth-order valence-corrected chi connectivity index (χ4v) is 4.61. The van der Waals surface area contributed by atoms with Crippen molar-refractivity contribution < 1.29 is 9.59 Å². The van der Waals surface area contributed by atoms with E-state index in [1.807, 2.05) is 26.0 Å². The van der Waals surface area contributed by atoms with Crippen LogP contribution >= 0.6 is 22.7 Å². The maximum absolute atomic E-state index is 12.1. The van der Waals surface area contributed by atoms with Gasteiger partial charge < -0.3 is 0 Å². The molecule has 2 N–H and O–H groups in total. The van der Waals surface area contributed by atoms with Gasteiger partial charge in [0.25, 0.3) is 11.8 Å². The topological polar surface area (TPSA) is 58.2 Å². The van der Waals surface area contributed by atoms with E-state index >= 15 is 0 Å². The van der Waals surface area contributed by atoms with Crippen molar-refractivity contribution in [2.24, 2.45) is 0 Å². The Kier molecular flexibility index (Phi) is 3.82. The van der Waals surface area contributed by atoms with Gasteiger partial charge in [-0.3, -0.25) is 20.4 Å². The Balaban J connectivity index is 1.63. The summed E-state index contributed by atoms with van der Waals surface area (Å²) < 4.78 is 0. The van der Waals surface area contributed by atoms with Crippen LogP contribution < -0.4 is 10.9 Å². The maximum Gasteiger partial charge on any atom is 0.279 e. The lowest BCUT2D eigenvalue weighted by Gasteiger charge is -2.05. The molecular formula is C15H16N2O2S2. The molecule has 2 amide bonds. The van der Waals surface area contributed by atoms with E-state index in [-0.39, 0.29) is 11.8 Å². The highest BCUT2D eigenvalue weighted by atomic mass is 32.1. The Morgan fingerprint density at radius 3 is 2.48 bits per heavy atom. The summed E-state index contributed by atoms with van der Waals surface area (Å²) in [5.74, 6) is -0.512. The lowest BCUT2D eigenvalue weighted by molar-refractivity contribution is 0.0849. The van der Waals surface area contributed by atoms with Crippen LogP contribution in [-0.4, -0.2) is 11.8 Å². The predicted molar refractivity (Wildman–Crippen MR) is 85.1 cm³/mol. The Morgan fingerprint density at radius 1 is 1.05 bits per heavy atom. The number of hydrogen-bond donors (Lipinski definition) is 2. The summed E-state index contributed by atoms with van der Waals surface area (Å²) in [4.78, 5) is 28.1. The van der Waals surface area contributed by atoms with E-state index in [4.69, 9.17) is 0 Å². The van der Waals surface area contributed by atoms with E-state index in [1.54, 1.807) is 11.3 Å². The zero-order valence-electron chi connectivity index (χ0n) is 11.9. The quantitative estimate of drug-likeness (QED) is 0.836. The number of carbonyl (C=O) groups excluding carboxylic acids is 2. The van der Waals surface area contributed by atoms with Gasteiger partial charge in [-0.15, -0.1) is 22.7 Å². The molecule has 21 heavy (non-hydrogen) atoms. The fourth-order valence-electron chi connectivity index (χ4n) is 2.54. The molecular weight excluding hydrogens is 304 g/mol. The molecule has 2 heterocycles. The van der Waals surface area contributed by atoms with Gasteiger partial charge >= 0.3 is 0 Å². The molecule has 2 aromatic heterocycles. The van der Waals surface area contributed by atoms with Crippen molar-refractivity contribution in [3.05, 3.63) is 42.8 Å². The minimum atomic E-state index is -0.269. The van der Waals surface area contributed by atoms with Gasteiger partial charge in [0.1, 0.15) is 0 Å². The SMILES string of the molecule is Cc1cc(C(=O)NNC(=O)c2cc3c(s2)CCC3)c(C)s1. The van der Waals surface area contributed by atoms with Gasteiger partial charge in [-0.2, -0.15) is 0 Å². The predicted octanol–water partition coefficient (Wildman–Crippen LogP) is 2.99. The summed E-state index contributed by atoms with van der Waals surface area (Å²) in [5, 5.41) is 0. The molecule has 0 fully saturated rings. The number of carbonyl (C=O) groups is 2. The summed E-state index contributed by atoms with van der Waals surface area (Å²) in [7, 11) is 0. The van der Waals surface area contributed by atoms with Gasteiger partial charge in [0.15, 0.2) is 0 Å². The van der Waals surface area contributed by atoms with Crippen LogP contribution in [0.25, 0.3) is 0 Å². The normalized spacial score (nSPS) is 13.0. The average Bonchev–Trinajstić information content (AvgIpc) is 3.09. The van der Waals surface area contributed by atoms with Crippen molar-refractivity contribution in [3.63, 3.8) is 0 Å². The summed E-state index contributed by atoms with van der Waals surface area (Å²) >= 11 is 3.10. The molecule has 0 atom stereocenters. The molecule has 0 unspecified atom stereocenters. The number of amides is 2. The van der Waals surface area contributed by atoms with Crippen molar-refractivity contribution in [1.29, 1.82) is 0 Å². The van der Waals surface area contributed by atoms with Crippen molar-refractivity contribution in [2.45, 2.75) is 33.1 Å². The number of hydrazine groups is 1. The van der Waals surface area contributed by atoms with Crippen molar-refractivity contribution in [2.75, 3.05) is 0 Å². The van der Waals surface area contributed by atoms with Crippen LogP contribution in [0.2, 0.25) is 0 Å². The van der Waals surface area contributed by atoms with Crippen LogP contribution in [0.5, 0.6) is 0 Å². The van der Waals surface area contributed by atoms with Crippen molar-refractivity contribution in [3.8, 4) is 0 Å². The van der Waals surface area contributed by atoms with Gasteiger partial charge in [-0.25, -0.2) is 0 Å². The largest absolute Gasteiger partial charge is 0.279 e. The molecule has 2 aromatic rings. The maximum atomic E-state index is 12.1. The van der Waals surface area contributed by atoms with E-state index in [9.17, 15) is 9.59 Å². The molecule has 6 heteroatoms. The lowest BCUT2D eigenvalue weighted by Crippen LogP contribution is -2.41. The molecule has 0 aromatic carbocycles. The summed E-state index contributed by atoms with van der Waals surface area (Å²) in [5.41, 5.74) is 6.89. The average molecular weight is 320 g/mol. The minimum absolute atomic E-state index is 0.243. The van der Waals surface area contributed by atoms with Crippen LogP contribution in [0.4, 0.5) is 0 Å². The third-order valence-electron chi connectivity index (χ3n) is 3.55. The highest BCUT2D eigenvalue weighted by Gasteiger charge is 2.19. The van der Waals surface area contributed by atoms with Gasteiger partial charge in [-0.05, 0) is 50.8 Å². The Morgan fingerprint density at radius 2 is 1.81 bits per heavy atom. The molecule has 0 bridgehead atoms. The van der Waals surface area contributed by atoms with E-state index < -0.39 is 0 Å². The summed E-state index contributed by atoms with van der Waals surface area (Å²) in [6, 6.07) is 3.77. The van der Waals surface area contributed by atoms with Crippen LogP contribution in [-0.2, 0) is 12.8 Å². The summed E-state index contributed by atoms with van der Waals surface area (Å²) in [6.07, 6.45) is 3.29. The van der Waals surface area contributed by atoms with Gasteiger partial charge in [0.05, 0.1) is 10.4 Å². The minimum Gasteiger partial charge on any atom is -0.267 e. The molecule has 110 valence electrons. The Bertz CT molecular complexity index is 694. The molecule has 0 saturated carbocycles. The first-order valence-corrected chi connectivity index (χ1v) is 8.47. The highest BCUT2D eigenvalue weighted by Crippen LogP contribution is 2.30. The van der Waals surface area contributed by atoms with Crippen LogP contribution in [0.15, 0.2) is 12.1 Å². The highest BCUT2D eigenvalue weighted by molar-refractivity contribution is 7.14. The zero-order chi connectivity index (χ0) is 15.0. The molecule has 0 radical (unpaired) electrons. The second kappa shape index (κ2) is 5.61. The molecule has 1 aliphatic rings.